The molecule has 1 aliphatic carbocycles. The van der Waals surface area contributed by atoms with Crippen molar-refractivity contribution in [1.29, 1.82) is 0 Å². The lowest BCUT2D eigenvalue weighted by atomic mass is 9.81. The van der Waals surface area contributed by atoms with Crippen molar-refractivity contribution in [2.75, 3.05) is 7.11 Å². The second-order valence-corrected chi connectivity index (χ2v) is 6.70. The molecule has 5 heteroatoms. The minimum atomic E-state index is -0.480. The van der Waals surface area contributed by atoms with E-state index in [0.717, 1.165) is 0 Å². The summed E-state index contributed by atoms with van der Waals surface area (Å²) in [7, 11) is 1.46. The Kier molecular flexibility index (Phi) is 3.96. The van der Waals surface area contributed by atoms with Crippen molar-refractivity contribution >= 4 is 17.3 Å². The summed E-state index contributed by atoms with van der Waals surface area (Å²) in [5, 5.41) is 0. The molecule has 26 heavy (non-hydrogen) atoms. The van der Waals surface area contributed by atoms with Gasteiger partial charge in [0.1, 0.15) is 11.5 Å². The van der Waals surface area contributed by atoms with Crippen LogP contribution >= 0.6 is 0 Å². The zero-order chi connectivity index (χ0) is 18.4. The predicted octanol–water partition coefficient (Wildman–Crippen LogP) is 3.28. The summed E-state index contributed by atoms with van der Waals surface area (Å²) in [5.74, 6) is -0.0123. The van der Waals surface area contributed by atoms with Crippen LogP contribution in [0.4, 0.5) is 0 Å². The van der Waals surface area contributed by atoms with E-state index in [-0.39, 0.29) is 35.4 Å². The van der Waals surface area contributed by atoms with Crippen molar-refractivity contribution in [3.8, 4) is 5.75 Å². The summed E-state index contributed by atoms with van der Waals surface area (Å²) >= 11 is 0. The smallest absolute Gasteiger partial charge is 0.198 e. The lowest BCUT2D eigenvalue weighted by molar-refractivity contribution is -0.134. The van der Waals surface area contributed by atoms with Gasteiger partial charge in [-0.3, -0.25) is 14.4 Å². The summed E-state index contributed by atoms with van der Waals surface area (Å²) in [5.41, 5.74) is 1.98. The van der Waals surface area contributed by atoms with E-state index in [0.29, 0.717) is 34.4 Å². The molecule has 2 aromatic rings. The minimum Gasteiger partial charge on any atom is -0.496 e. The summed E-state index contributed by atoms with van der Waals surface area (Å²) in [6.07, 6.45) is -0.0566. The molecule has 132 valence electrons. The van der Waals surface area contributed by atoms with Crippen LogP contribution in [0.1, 0.15) is 63.3 Å². The molecule has 0 N–H and O–H groups in total. The van der Waals surface area contributed by atoms with E-state index in [1.807, 2.05) is 6.92 Å². The zero-order valence-electron chi connectivity index (χ0n) is 14.6. The normalized spacial score (nSPS) is 22.0. The standard InChI is InChI=1S/C21H18O5/c1-11-9-12(22)10-17(26-11)15-7-8-16-18(21(15)25-2)20(24)14-6-4-3-5-13(14)19(16)23/h3-8,11,17H,9-10H2,1-2H3/t11-,17-/m1/s1. The molecule has 5 nitrogen and oxygen atoms in total. The highest BCUT2D eigenvalue weighted by molar-refractivity contribution is 6.29. The average Bonchev–Trinajstić information content (AvgIpc) is 2.64. The lowest BCUT2D eigenvalue weighted by Crippen LogP contribution is -2.27. The first-order valence-corrected chi connectivity index (χ1v) is 8.57. The number of benzene rings is 2. The molecule has 0 unspecified atom stereocenters. The van der Waals surface area contributed by atoms with Gasteiger partial charge in [-0.1, -0.05) is 30.3 Å². The fraction of sp³-hybridized carbons (Fsp3) is 0.286. The minimum absolute atomic E-state index is 0.112. The fourth-order valence-electron chi connectivity index (χ4n) is 3.82. The molecule has 2 atom stereocenters. The number of Topliss-reactive ketones (excluding diaryl/α,β-unsaturated/α-hetero) is 1. The quantitative estimate of drug-likeness (QED) is 0.709. The van der Waals surface area contributed by atoms with Gasteiger partial charge in [0.25, 0.3) is 0 Å². The SMILES string of the molecule is COc1c([C@H]2CC(=O)C[C@@H](C)O2)ccc2c1C(=O)c1ccccc1C2=O. The third-order valence-electron chi connectivity index (χ3n) is 4.95. The molecule has 0 saturated carbocycles. The maximum absolute atomic E-state index is 13.1. The Balaban J connectivity index is 1.88. The molecular weight excluding hydrogens is 332 g/mol. The summed E-state index contributed by atoms with van der Waals surface area (Å²) in [4.78, 5) is 37.9. The van der Waals surface area contributed by atoms with Gasteiger partial charge in [-0.2, -0.15) is 0 Å². The van der Waals surface area contributed by atoms with Gasteiger partial charge in [0.2, 0.25) is 0 Å². The van der Waals surface area contributed by atoms with E-state index in [9.17, 15) is 14.4 Å². The lowest BCUT2D eigenvalue weighted by Gasteiger charge is -2.30. The summed E-state index contributed by atoms with van der Waals surface area (Å²) in [6.45, 7) is 1.85. The van der Waals surface area contributed by atoms with Crippen LogP contribution in [0, 0.1) is 0 Å². The van der Waals surface area contributed by atoms with E-state index in [4.69, 9.17) is 9.47 Å². The monoisotopic (exact) mass is 350 g/mol. The Labute approximate surface area is 150 Å². The van der Waals surface area contributed by atoms with Crippen LogP contribution in [0.3, 0.4) is 0 Å². The van der Waals surface area contributed by atoms with E-state index >= 15 is 0 Å². The number of hydrogen-bond acceptors (Lipinski definition) is 5. The highest BCUT2D eigenvalue weighted by atomic mass is 16.5. The summed E-state index contributed by atoms with van der Waals surface area (Å²) in [6, 6.07) is 10.1. The molecule has 0 amide bonds. The molecule has 0 aromatic heterocycles. The molecule has 1 fully saturated rings. The Hall–Kier alpha value is -2.79. The Bertz CT molecular complexity index is 943. The van der Waals surface area contributed by atoms with Gasteiger partial charge in [0.05, 0.1) is 24.9 Å². The van der Waals surface area contributed by atoms with Crippen LogP contribution in [-0.2, 0) is 9.53 Å². The number of rotatable bonds is 2. The fourth-order valence-corrected chi connectivity index (χ4v) is 3.82. The Morgan fingerprint density at radius 2 is 1.62 bits per heavy atom. The van der Waals surface area contributed by atoms with Gasteiger partial charge in [0, 0.05) is 35.1 Å². The zero-order valence-corrected chi connectivity index (χ0v) is 14.6. The van der Waals surface area contributed by atoms with E-state index in [1.54, 1.807) is 36.4 Å². The average molecular weight is 350 g/mol. The second kappa shape index (κ2) is 6.18. The number of carbonyl (C=O) groups is 3. The number of ketones is 3. The van der Waals surface area contributed by atoms with Crippen LogP contribution in [0.15, 0.2) is 36.4 Å². The maximum atomic E-state index is 13.1. The Morgan fingerprint density at radius 3 is 2.27 bits per heavy atom. The largest absolute Gasteiger partial charge is 0.496 e. The maximum Gasteiger partial charge on any atom is 0.198 e. The molecule has 0 radical (unpaired) electrons. The molecule has 1 saturated heterocycles. The molecule has 0 bridgehead atoms. The van der Waals surface area contributed by atoms with Crippen LogP contribution in [-0.4, -0.2) is 30.6 Å². The van der Waals surface area contributed by atoms with Gasteiger partial charge in [-0.05, 0) is 13.0 Å². The van der Waals surface area contributed by atoms with Crippen molar-refractivity contribution in [1.82, 2.24) is 0 Å². The molecule has 2 aliphatic rings. The van der Waals surface area contributed by atoms with E-state index < -0.39 is 6.10 Å². The third-order valence-corrected chi connectivity index (χ3v) is 4.95. The van der Waals surface area contributed by atoms with E-state index in [1.165, 1.54) is 7.11 Å². The van der Waals surface area contributed by atoms with Crippen LogP contribution in [0.5, 0.6) is 5.75 Å². The topological polar surface area (TPSA) is 69.7 Å². The Morgan fingerprint density at radius 1 is 0.923 bits per heavy atom. The van der Waals surface area contributed by atoms with Crippen LogP contribution in [0.2, 0.25) is 0 Å². The van der Waals surface area contributed by atoms with Gasteiger partial charge < -0.3 is 9.47 Å². The third kappa shape index (κ3) is 2.47. The number of fused-ring (bicyclic) bond motifs is 2. The van der Waals surface area contributed by atoms with Crippen molar-refractivity contribution in [2.45, 2.75) is 32.0 Å². The van der Waals surface area contributed by atoms with Gasteiger partial charge >= 0.3 is 0 Å². The first-order valence-electron chi connectivity index (χ1n) is 8.57. The molecule has 1 heterocycles. The highest BCUT2D eigenvalue weighted by Gasteiger charge is 2.36. The number of ether oxygens (including phenoxy) is 2. The number of hydrogen-bond donors (Lipinski definition) is 0. The molecule has 0 spiro atoms. The second-order valence-electron chi connectivity index (χ2n) is 6.70. The van der Waals surface area contributed by atoms with Gasteiger partial charge in [0.15, 0.2) is 11.6 Å². The first kappa shape index (κ1) is 16.7. The molecular formula is C21H18O5. The van der Waals surface area contributed by atoms with Gasteiger partial charge in [-0.15, -0.1) is 0 Å². The van der Waals surface area contributed by atoms with Crippen molar-refractivity contribution in [3.05, 3.63) is 64.2 Å². The van der Waals surface area contributed by atoms with Crippen molar-refractivity contribution in [2.24, 2.45) is 0 Å². The highest BCUT2D eigenvalue weighted by Crippen LogP contribution is 2.41. The van der Waals surface area contributed by atoms with Gasteiger partial charge in [-0.25, -0.2) is 0 Å². The first-order chi connectivity index (χ1) is 12.5. The molecule has 4 rings (SSSR count). The van der Waals surface area contributed by atoms with E-state index in [2.05, 4.69) is 0 Å². The van der Waals surface area contributed by atoms with Crippen LogP contribution < -0.4 is 4.74 Å². The van der Waals surface area contributed by atoms with Crippen molar-refractivity contribution < 1.29 is 23.9 Å². The number of methoxy groups -OCH3 is 1. The molecule has 2 aromatic carbocycles. The predicted molar refractivity (Wildman–Crippen MR) is 93.8 cm³/mol. The number of carbonyl (C=O) groups excluding carboxylic acids is 3. The summed E-state index contributed by atoms with van der Waals surface area (Å²) < 4.78 is 11.4. The van der Waals surface area contributed by atoms with Crippen LogP contribution in [0.25, 0.3) is 0 Å². The van der Waals surface area contributed by atoms with Crippen molar-refractivity contribution in [3.63, 3.8) is 0 Å². The molecule has 1 aliphatic heterocycles.